The molecule has 3 nitrogen and oxygen atoms in total. The van der Waals surface area contributed by atoms with Gasteiger partial charge in [-0.1, -0.05) is 34.1 Å². The molecule has 0 heterocycles. The Bertz CT molecular complexity index is 188. The molecule has 0 fully saturated rings. The summed E-state index contributed by atoms with van der Waals surface area (Å²) in [7, 11) is 0. The van der Waals surface area contributed by atoms with E-state index in [9.17, 15) is 9.90 Å². The van der Waals surface area contributed by atoms with E-state index in [-0.39, 0.29) is 0 Å². The first-order chi connectivity index (χ1) is 7.08. The summed E-state index contributed by atoms with van der Waals surface area (Å²) >= 11 is 0. The highest BCUT2D eigenvalue weighted by atomic mass is 16.4. The van der Waals surface area contributed by atoms with Gasteiger partial charge in [-0.15, -0.1) is 0 Å². The molecule has 0 aromatic carbocycles. The molecule has 0 atom stereocenters. The molecule has 0 radical (unpaired) electrons. The van der Waals surface area contributed by atoms with Crippen LogP contribution in [0.5, 0.6) is 0 Å². The smallest absolute Gasteiger partial charge is 0.324 e. The molecule has 0 aliphatic carbocycles. The van der Waals surface area contributed by atoms with Crippen LogP contribution in [0.15, 0.2) is 0 Å². The van der Waals surface area contributed by atoms with Crippen molar-refractivity contribution in [2.75, 3.05) is 13.1 Å². The molecule has 0 amide bonds. The third-order valence-electron chi connectivity index (χ3n) is 3.34. The number of hydrogen-bond donors (Lipinski definition) is 1. The lowest BCUT2D eigenvalue weighted by Gasteiger charge is -2.39. The van der Waals surface area contributed by atoms with E-state index in [1.165, 1.54) is 0 Å². The summed E-state index contributed by atoms with van der Waals surface area (Å²) in [5.41, 5.74) is -0.649. The molecule has 0 bridgehead atoms. The maximum absolute atomic E-state index is 11.4. The lowest BCUT2D eigenvalue weighted by Crippen LogP contribution is -2.54. The Morgan fingerprint density at radius 3 is 2.00 bits per heavy atom. The fraction of sp³-hybridized carbons (Fsp3) is 0.917. The zero-order valence-electron chi connectivity index (χ0n) is 10.5. The minimum atomic E-state index is -0.676. The van der Waals surface area contributed by atoms with Crippen LogP contribution in [0, 0.1) is 0 Å². The molecule has 0 saturated heterocycles. The van der Waals surface area contributed by atoms with Crippen molar-refractivity contribution in [2.45, 2.75) is 58.9 Å². The molecular weight excluding hydrogens is 190 g/mol. The van der Waals surface area contributed by atoms with Gasteiger partial charge < -0.3 is 5.11 Å². The molecule has 0 spiro atoms. The van der Waals surface area contributed by atoms with Gasteiger partial charge in [-0.05, 0) is 32.4 Å². The second-order valence-electron chi connectivity index (χ2n) is 3.98. The van der Waals surface area contributed by atoms with E-state index in [2.05, 4.69) is 11.8 Å². The summed E-state index contributed by atoms with van der Waals surface area (Å²) in [6.45, 7) is 9.81. The Balaban J connectivity index is 4.75. The second-order valence-corrected chi connectivity index (χ2v) is 3.98. The van der Waals surface area contributed by atoms with Crippen LogP contribution in [0.1, 0.15) is 53.4 Å². The van der Waals surface area contributed by atoms with Crippen molar-refractivity contribution in [3.63, 3.8) is 0 Å². The van der Waals surface area contributed by atoms with E-state index in [1.54, 1.807) is 0 Å². The van der Waals surface area contributed by atoms with Crippen LogP contribution in [-0.2, 0) is 4.79 Å². The number of carbonyl (C=O) groups is 1. The number of carboxylic acid groups (broad SMARTS) is 1. The number of likely N-dealkylation sites (N-methyl/N-ethyl adjacent to an activating group) is 1. The fourth-order valence-electron chi connectivity index (χ4n) is 2.16. The molecule has 0 rings (SSSR count). The summed E-state index contributed by atoms with van der Waals surface area (Å²) in [5, 5.41) is 9.38. The number of hydrogen-bond acceptors (Lipinski definition) is 2. The Labute approximate surface area is 93.5 Å². The molecule has 0 aliphatic rings. The number of aliphatic carboxylic acids is 1. The molecule has 15 heavy (non-hydrogen) atoms. The first-order valence-electron chi connectivity index (χ1n) is 6.07. The van der Waals surface area contributed by atoms with Gasteiger partial charge in [0.1, 0.15) is 5.54 Å². The van der Waals surface area contributed by atoms with Crippen molar-refractivity contribution in [3.8, 4) is 0 Å². The SMILES string of the molecule is CCCCN(CC)C(CC)(CC)C(=O)O. The van der Waals surface area contributed by atoms with E-state index in [4.69, 9.17) is 0 Å². The minimum Gasteiger partial charge on any atom is -0.480 e. The van der Waals surface area contributed by atoms with Crippen LogP contribution < -0.4 is 0 Å². The van der Waals surface area contributed by atoms with Crippen molar-refractivity contribution in [2.24, 2.45) is 0 Å². The Hall–Kier alpha value is -0.570. The van der Waals surface area contributed by atoms with E-state index >= 15 is 0 Å². The van der Waals surface area contributed by atoms with Crippen LogP contribution in [-0.4, -0.2) is 34.6 Å². The van der Waals surface area contributed by atoms with Gasteiger partial charge in [-0.3, -0.25) is 9.69 Å². The molecule has 90 valence electrons. The summed E-state index contributed by atoms with van der Waals surface area (Å²) in [5.74, 6) is -0.676. The number of carboxylic acids is 1. The maximum atomic E-state index is 11.4. The van der Waals surface area contributed by atoms with E-state index in [0.29, 0.717) is 12.8 Å². The van der Waals surface area contributed by atoms with Gasteiger partial charge in [0.2, 0.25) is 0 Å². The quantitative estimate of drug-likeness (QED) is 0.677. The highest BCUT2D eigenvalue weighted by molar-refractivity contribution is 5.78. The largest absolute Gasteiger partial charge is 0.480 e. The van der Waals surface area contributed by atoms with Crippen molar-refractivity contribution >= 4 is 5.97 Å². The highest BCUT2D eigenvalue weighted by Gasteiger charge is 2.39. The molecule has 0 saturated carbocycles. The predicted molar refractivity (Wildman–Crippen MR) is 63.1 cm³/mol. The van der Waals surface area contributed by atoms with E-state index < -0.39 is 11.5 Å². The molecule has 3 heteroatoms. The highest BCUT2D eigenvalue weighted by Crippen LogP contribution is 2.24. The Kier molecular flexibility index (Phi) is 6.57. The monoisotopic (exact) mass is 215 g/mol. The summed E-state index contributed by atoms with van der Waals surface area (Å²) < 4.78 is 0. The average molecular weight is 215 g/mol. The molecule has 0 unspecified atom stereocenters. The van der Waals surface area contributed by atoms with Gasteiger partial charge >= 0.3 is 5.97 Å². The van der Waals surface area contributed by atoms with Gasteiger partial charge in [0.15, 0.2) is 0 Å². The Morgan fingerprint density at radius 1 is 1.20 bits per heavy atom. The normalized spacial score (nSPS) is 12.1. The average Bonchev–Trinajstić information content (AvgIpc) is 2.24. The first kappa shape index (κ1) is 14.4. The predicted octanol–water partition coefficient (Wildman–Crippen LogP) is 2.75. The van der Waals surface area contributed by atoms with Crippen LogP contribution in [0.4, 0.5) is 0 Å². The van der Waals surface area contributed by atoms with Crippen LogP contribution in [0.3, 0.4) is 0 Å². The molecule has 0 aromatic heterocycles. The zero-order valence-corrected chi connectivity index (χ0v) is 10.5. The van der Waals surface area contributed by atoms with Gasteiger partial charge in [-0.25, -0.2) is 0 Å². The summed E-state index contributed by atoms with van der Waals surface area (Å²) in [6, 6.07) is 0. The third kappa shape index (κ3) is 3.20. The number of nitrogens with zero attached hydrogens (tertiary/aromatic N) is 1. The third-order valence-corrected chi connectivity index (χ3v) is 3.34. The van der Waals surface area contributed by atoms with Crippen molar-refractivity contribution in [1.29, 1.82) is 0 Å². The summed E-state index contributed by atoms with van der Waals surface area (Å²) in [4.78, 5) is 13.5. The second kappa shape index (κ2) is 6.83. The van der Waals surface area contributed by atoms with Gasteiger partial charge in [-0.2, -0.15) is 0 Å². The molecule has 1 N–H and O–H groups in total. The topological polar surface area (TPSA) is 40.5 Å². The Morgan fingerprint density at radius 2 is 1.73 bits per heavy atom. The van der Waals surface area contributed by atoms with Crippen molar-refractivity contribution in [1.82, 2.24) is 4.90 Å². The molecular formula is C12H25NO2. The zero-order chi connectivity index (χ0) is 11.9. The summed E-state index contributed by atoms with van der Waals surface area (Å²) in [6.07, 6.45) is 3.54. The standard InChI is InChI=1S/C12H25NO2/c1-5-9-10-13(8-4)12(6-2,7-3)11(14)15/h5-10H2,1-4H3,(H,14,15). The first-order valence-corrected chi connectivity index (χ1v) is 6.07. The van der Waals surface area contributed by atoms with E-state index in [0.717, 1.165) is 25.9 Å². The lowest BCUT2D eigenvalue weighted by atomic mass is 9.90. The minimum absolute atomic E-state index is 0.649. The van der Waals surface area contributed by atoms with Crippen molar-refractivity contribution in [3.05, 3.63) is 0 Å². The van der Waals surface area contributed by atoms with Crippen molar-refractivity contribution < 1.29 is 9.90 Å². The van der Waals surface area contributed by atoms with Crippen LogP contribution in [0.25, 0.3) is 0 Å². The van der Waals surface area contributed by atoms with Gasteiger partial charge in [0.25, 0.3) is 0 Å². The maximum Gasteiger partial charge on any atom is 0.324 e. The van der Waals surface area contributed by atoms with Gasteiger partial charge in [0.05, 0.1) is 0 Å². The number of rotatable bonds is 8. The number of unbranched alkanes of at least 4 members (excludes halogenated alkanes) is 1. The van der Waals surface area contributed by atoms with E-state index in [1.807, 2.05) is 20.8 Å². The molecule has 0 aliphatic heterocycles. The van der Waals surface area contributed by atoms with Crippen LogP contribution >= 0.6 is 0 Å². The molecule has 0 aromatic rings. The fourth-order valence-corrected chi connectivity index (χ4v) is 2.16. The lowest BCUT2D eigenvalue weighted by molar-refractivity contribution is -0.152. The van der Waals surface area contributed by atoms with Crippen LogP contribution in [0.2, 0.25) is 0 Å². The van der Waals surface area contributed by atoms with Gasteiger partial charge in [0, 0.05) is 0 Å².